The molecule has 0 bridgehead atoms. The molecule has 2 aliphatic rings. The van der Waals surface area contributed by atoms with Gasteiger partial charge in [-0.25, -0.2) is 4.79 Å². The normalized spacial score (nSPS) is 25.9. The maximum absolute atomic E-state index is 12.1. The van der Waals surface area contributed by atoms with Gasteiger partial charge < -0.3 is 25.3 Å². The number of carboxylic acid groups (broad SMARTS) is 1. The monoisotopic (exact) mass is 346 g/mol. The second-order valence-corrected chi connectivity index (χ2v) is 6.23. The van der Waals surface area contributed by atoms with Gasteiger partial charge in [0.2, 0.25) is 0 Å². The Morgan fingerprint density at radius 2 is 2.14 bits per heavy atom. The first-order valence-electron chi connectivity index (χ1n) is 6.70. The third-order valence-corrected chi connectivity index (χ3v) is 4.95. The minimum absolute atomic E-state index is 0. The summed E-state index contributed by atoms with van der Waals surface area (Å²) in [6.45, 7) is 0.245. The van der Waals surface area contributed by atoms with Crippen LogP contribution in [0.15, 0.2) is 29.2 Å². The van der Waals surface area contributed by atoms with Crippen LogP contribution < -0.4 is 67.1 Å². The number of hydrogen-bond donors (Lipinski definition) is 2. The van der Waals surface area contributed by atoms with Gasteiger partial charge in [0.15, 0.2) is 0 Å². The van der Waals surface area contributed by atoms with Gasteiger partial charge in [0, 0.05) is 23.7 Å². The molecule has 0 saturated carbocycles. The van der Waals surface area contributed by atoms with Crippen molar-refractivity contribution in [3.8, 4) is 0 Å². The van der Waals surface area contributed by atoms with Crippen LogP contribution in [0, 0.1) is 0 Å². The Hall–Kier alpha value is -0.0936. The zero-order chi connectivity index (χ0) is 14.9. The minimum atomic E-state index is -1.42. The summed E-state index contributed by atoms with van der Waals surface area (Å²) in [5.74, 6) is -0.571. The van der Waals surface area contributed by atoms with E-state index in [-0.39, 0.29) is 70.5 Å². The number of aliphatic carboxylic acids is 1. The zero-order valence-corrected chi connectivity index (χ0v) is 16.2. The second-order valence-electron chi connectivity index (χ2n) is 5.17. The molecule has 2 N–H and O–H groups in total. The SMILES string of the molecule is O=C(NC1CSc2ccccc21)NC1(C(=O)[O-])CCOC1.[K+]. The van der Waals surface area contributed by atoms with Gasteiger partial charge in [-0.15, -0.1) is 11.8 Å². The fraction of sp³-hybridized carbons (Fsp3) is 0.429. The quantitative estimate of drug-likeness (QED) is 0.571. The number of ether oxygens (including phenoxy) is 1. The van der Waals surface area contributed by atoms with E-state index < -0.39 is 17.5 Å². The Morgan fingerprint density at radius 3 is 2.82 bits per heavy atom. The molecule has 0 aliphatic carbocycles. The number of nitrogens with one attached hydrogen (secondary N) is 2. The van der Waals surface area contributed by atoms with E-state index in [1.54, 1.807) is 11.8 Å². The van der Waals surface area contributed by atoms with Crippen LogP contribution in [0.4, 0.5) is 4.79 Å². The Labute approximate surface area is 175 Å². The first-order valence-corrected chi connectivity index (χ1v) is 7.69. The van der Waals surface area contributed by atoms with Gasteiger partial charge in [0.1, 0.15) is 5.54 Å². The topological polar surface area (TPSA) is 90.5 Å². The number of carbonyl (C=O) groups is 2. The smallest absolute Gasteiger partial charge is 0.547 e. The number of carboxylic acids is 1. The molecule has 2 unspecified atom stereocenters. The van der Waals surface area contributed by atoms with E-state index in [9.17, 15) is 14.7 Å². The van der Waals surface area contributed by atoms with Gasteiger partial charge in [-0.1, -0.05) is 18.2 Å². The maximum atomic E-state index is 12.1. The maximum Gasteiger partial charge on any atom is 1.00 e. The Morgan fingerprint density at radius 1 is 1.36 bits per heavy atom. The number of amides is 2. The molecule has 0 aromatic heterocycles. The first kappa shape index (κ1) is 18.2. The summed E-state index contributed by atoms with van der Waals surface area (Å²) in [4.78, 5) is 24.5. The van der Waals surface area contributed by atoms with Crippen molar-refractivity contribution < 1.29 is 70.8 Å². The summed E-state index contributed by atoms with van der Waals surface area (Å²) < 4.78 is 5.08. The molecule has 1 aromatic carbocycles. The molecule has 2 heterocycles. The van der Waals surface area contributed by atoms with Gasteiger partial charge >= 0.3 is 57.4 Å². The van der Waals surface area contributed by atoms with Crippen molar-refractivity contribution in [2.45, 2.75) is 22.9 Å². The van der Waals surface area contributed by atoms with Crippen molar-refractivity contribution in [3.63, 3.8) is 0 Å². The van der Waals surface area contributed by atoms with E-state index in [4.69, 9.17) is 4.74 Å². The summed E-state index contributed by atoms with van der Waals surface area (Å²) in [5, 5.41) is 16.6. The van der Waals surface area contributed by atoms with Crippen molar-refractivity contribution in [1.82, 2.24) is 10.6 Å². The van der Waals surface area contributed by atoms with E-state index in [1.165, 1.54) is 0 Å². The van der Waals surface area contributed by atoms with Crippen LogP contribution in [-0.4, -0.2) is 36.5 Å². The third-order valence-electron chi connectivity index (χ3n) is 3.77. The molecule has 112 valence electrons. The van der Waals surface area contributed by atoms with E-state index >= 15 is 0 Å². The number of fused-ring (bicyclic) bond motifs is 1. The van der Waals surface area contributed by atoms with Crippen molar-refractivity contribution in [2.24, 2.45) is 0 Å². The van der Waals surface area contributed by atoms with Gasteiger partial charge in [-0.2, -0.15) is 0 Å². The molecule has 0 spiro atoms. The van der Waals surface area contributed by atoms with Crippen molar-refractivity contribution in [2.75, 3.05) is 19.0 Å². The molecular weight excluding hydrogens is 331 g/mol. The number of urea groups is 1. The fourth-order valence-electron chi connectivity index (χ4n) is 2.57. The molecule has 6 nitrogen and oxygen atoms in total. The number of carbonyl (C=O) groups excluding carboxylic acids is 2. The predicted octanol–water partition coefficient (Wildman–Crippen LogP) is -2.95. The largest absolute Gasteiger partial charge is 1.00 e. The van der Waals surface area contributed by atoms with Crippen LogP contribution >= 0.6 is 11.8 Å². The van der Waals surface area contributed by atoms with Gasteiger partial charge in [-0.3, -0.25) is 0 Å². The van der Waals surface area contributed by atoms with E-state index in [0.29, 0.717) is 6.61 Å². The molecule has 3 rings (SSSR count). The summed E-state index contributed by atoms with van der Waals surface area (Å²) in [6.07, 6.45) is 0.221. The third kappa shape index (κ3) is 3.69. The first-order chi connectivity index (χ1) is 10.1. The molecule has 0 radical (unpaired) electrons. The van der Waals surface area contributed by atoms with Crippen LogP contribution in [0.5, 0.6) is 0 Å². The molecule has 2 atom stereocenters. The molecule has 1 fully saturated rings. The summed E-state index contributed by atoms with van der Waals surface area (Å²) >= 11 is 1.67. The number of rotatable bonds is 3. The predicted molar refractivity (Wildman–Crippen MR) is 74.7 cm³/mol. The standard InChI is InChI=1S/C14H16N2O4S.K/c17-12(18)14(5-6-20-8-14)16-13(19)15-10-7-21-11-4-2-1-3-9(10)11;/h1-4,10H,5-8H2,(H,17,18)(H2,15,16,19);/q;+1/p-1. The molecule has 22 heavy (non-hydrogen) atoms. The molecule has 2 amide bonds. The second kappa shape index (κ2) is 7.65. The van der Waals surface area contributed by atoms with Gasteiger partial charge in [0.05, 0.1) is 18.6 Å². The fourth-order valence-corrected chi connectivity index (χ4v) is 3.73. The average molecular weight is 346 g/mol. The molecular formula is C14H15KN2O4S. The minimum Gasteiger partial charge on any atom is -0.547 e. The summed E-state index contributed by atoms with van der Waals surface area (Å²) in [7, 11) is 0. The Bertz CT molecular complexity index is 578. The van der Waals surface area contributed by atoms with Crippen LogP contribution in [0.1, 0.15) is 18.0 Å². The van der Waals surface area contributed by atoms with Crippen LogP contribution in [-0.2, 0) is 9.53 Å². The number of benzene rings is 1. The van der Waals surface area contributed by atoms with Crippen LogP contribution in [0.25, 0.3) is 0 Å². The number of thioether (sulfide) groups is 1. The van der Waals surface area contributed by atoms with Gasteiger partial charge in [-0.05, 0) is 11.6 Å². The summed E-state index contributed by atoms with van der Waals surface area (Å²) in [6, 6.07) is 7.22. The molecule has 1 saturated heterocycles. The van der Waals surface area contributed by atoms with Crippen molar-refractivity contribution >= 4 is 23.8 Å². The molecule has 1 aromatic rings. The van der Waals surface area contributed by atoms with Crippen LogP contribution in [0.3, 0.4) is 0 Å². The molecule has 8 heteroatoms. The summed E-state index contributed by atoms with van der Waals surface area (Å²) in [5.41, 5.74) is -0.363. The van der Waals surface area contributed by atoms with Crippen molar-refractivity contribution in [3.05, 3.63) is 29.8 Å². The van der Waals surface area contributed by atoms with E-state index in [1.807, 2.05) is 24.3 Å². The van der Waals surface area contributed by atoms with Crippen molar-refractivity contribution in [1.29, 1.82) is 0 Å². The van der Waals surface area contributed by atoms with E-state index in [2.05, 4.69) is 10.6 Å². The van der Waals surface area contributed by atoms with E-state index in [0.717, 1.165) is 16.2 Å². The van der Waals surface area contributed by atoms with Gasteiger partial charge in [0.25, 0.3) is 0 Å². The Kier molecular flexibility index (Phi) is 6.35. The number of hydrogen-bond acceptors (Lipinski definition) is 5. The molecule has 2 aliphatic heterocycles. The average Bonchev–Trinajstić information content (AvgIpc) is 3.08. The van der Waals surface area contributed by atoms with Crippen LogP contribution in [0.2, 0.25) is 0 Å². The Balaban J connectivity index is 0.00000176. The zero-order valence-electron chi connectivity index (χ0n) is 12.3.